The molecule has 0 atom stereocenters. The number of aryl methyl sites for hydroxylation is 1. The Morgan fingerprint density at radius 1 is 1.10 bits per heavy atom. The Morgan fingerprint density at radius 3 is 2.41 bits per heavy atom. The van der Waals surface area contributed by atoms with Gasteiger partial charge in [0, 0.05) is 41.9 Å². The summed E-state index contributed by atoms with van der Waals surface area (Å²) in [5.41, 5.74) is 0.880. The zero-order valence-electron chi connectivity index (χ0n) is 16.3. The number of hydrogen-bond donors (Lipinski definition) is 1. The fourth-order valence-corrected chi connectivity index (χ4v) is 3.74. The second-order valence-corrected chi connectivity index (χ2v) is 8.54. The molecular weight excluding hydrogens is 494 g/mol. The minimum Gasteiger partial charge on any atom is -0.321 e. The number of halogens is 4. The van der Waals surface area contributed by atoms with Gasteiger partial charge in [0.25, 0.3) is 5.91 Å². The standard InChI is InChI=1S/C21H23F3IN3O/c1-14-3-5-16(12-18(14)25)20(29)26-19-6-4-15(11-17(19)21(22,23)24)13-28-9-7-27(2)8-10-28/h3-6,11-12H,7-10,13H2,1-2H3,(H,26,29). The van der Waals surface area contributed by atoms with Crippen LogP contribution in [0.3, 0.4) is 0 Å². The van der Waals surface area contributed by atoms with Crippen molar-refractivity contribution in [1.29, 1.82) is 0 Å². The van der Waals surface area contributed by atoms with Crippen LogP contribution in [0.5, 0.6) is 0 Å². The number of nitrogens with zero attached hydrogens (tertiary/aromatic N) is 2. The zero-order valence-corrected chi connectivity index (χ0v) is 18.5. The van der Waals surface area contributed by atoms with Crippen molar-refractivity contribution in [3.63, 3.8) is 0 Å². The molecule has 1 amide bonds. The molecule has 8 heteroatoms. The summed E-state index contributed by atoms with van der Waals surface area (Å²) in [5.74, 6) is -0.555. The fourth-order valence-electron chi connectivity index (χ4n) is 3.23. The van der Waals surface area contributed by atoms with Crippen molar-refractivity contribution in [2.75, 3.05) is 38.5 Å². The van der Waals surface area contributed by atoms with Crippen molar-refractivity contribution in [1.82, 2.24) is 9.80 Å². The van der Waals surface area contributed by atoms with Crippen LogP contribution >= 0.6 is 22.6 Å². The van der Waals surface area contributed by atoms with E-state index in [9.17, 15) is 18.0 Å². The smallest absolute Gasteiger partial charge is 0.321 e. The lowest BCUT2D eigenvalue weighted by atomic mass is 10.1. The third-order valence-corrected chi connectivity index (χ3v) is 6.24. The van der Waals surface area contributed by atoms with Crippen LogP contribution in [0.2, 0.25) is 0 Å². The molecular formula is C21H23F3IN3O. The Morgan fingerprint density at radius 2 is 1.79 bits per heavy atom. The molecule has 1 aliphatic heterocycles. The molecule has 0 aromatic heterocycles. The minimum atomic E-state index is -4.55. The first-order chi connectivity index (χ1) is 13.6. The lowest BCUT2D eigenvalue weighted by Crippen LogP contribution is -2.43. The third kappa shape index (κ3) is 5.70. The van der Waals surface area contributed by atoms with Gasteiger partial charge in [0.1, 0.15) is 0 Å². The number of nitrogens with one attached hydrogen (secondary N) is 1. The van der Waals surface area contributed by atoms with Crippen molar-refractivity contribution in [2.24, 2.45) is 0 Å². The number of benzene rings is 2. The van der Waals surface area contributed by atoms with Crippen LogP contribution in [-0.2, 0) is 12.7 Å². The highest BCUT2D eigenvalue weighted by Crippen LogP contribution is 2.36. The molecule has 0 saturated carbocycles. The highest BCUT2D eigenvalue weighted by molar-refractivity contribution is 14.1. The Bertz CT molecular complexity index is 893. The van der Waals surface area contributed by atoms with Crippen LogP contribution in [0.4, 0.5) is 18.9 Å². The largest absolute Gasteiger partial charge is 0.418 e. The van der Waals surface area contributed by atoms with E-state index >= 15 is 0 Å². The minimum absolute atomic E-state index is 0.222. The Balaban J connectivity index is 1.80. The van der Waals surface area contributed by atoms with Crippen molar-refractivity contribution >= 4 is 34.2 Å². The van der Waals surface area contributed by atoms with Crippen LogP contribution in [0.15, 0.2) is 36.4 Å². The lowest BCUT2D eigenvalue weighted by molar-refractivity contribution is -0.137. The summed E-state index contributed by atoms with van der Waals surface area (Å²) in [6.07, 6.45) is -4.55. The highest BCUT2D eigenvalue weighted by atomic mass is 127. The van der Waals surface area contributed by atoms with Gasteiger partial charge in [0.15, 0.2) is 0 Å². The first kappa shape index (κ1) is 22.0. The number of likely N-dealkylation sites (N-methyl/N-ethyl adjacent to an activating group) is 1. The number of anilines is 1. The van der Waals surface area contributed by atoms with Gasteiger partial charge < -0.3 is 10.2 Å². The van der Waals surface area contributed by atoms with Gasteiger partial charge in [-0.15, -0.1) is 0 Å². The maximum absolute atomic E-state index is 13.7. The summed E-state index contributed by atoms with van der Waals surface area (Å²) < 4.78 is 41.8. The molecule has 4 nitrogen and oxygen atoms in total. The van der Waals surface area contributed by atoms with Crippen LogP contribution in [0.25, 0.3) is 0 Å². The summed E-state index contributed by atoms with van der Waals surface area (Å²) in [5, 5.41) is 2.43. The summed E-state index contributed by atoms with van der Waals surface area (Å²) in [7, 11) is 2.03. The first-order valence-electron chi connectivity index (χ1n) is 9.32. The van der Waals surface area contributed by atoms with Gasteiger partial charge in [-0.05, 0) is 72.0 Å². The molecule has 156 valence electrons. The second kappa shape index (κ2) is 9.01. The van der Waals surface area contributed by atoms with Crippen molar-refractivity contribution in [3.8, 4) is 0 Å². The molecule has 0 unspecified atom stereocenters. The van der Waals surface area contributed by atoms with Gasteiger partial charge >= 0.3 is 6.18 Å². The average Bonchev–Trinajstić information content (AvgIpc) is 2.66. The summed E-state index contributed by atoms with van der Waals surface area (Å²) in [6.45, 7) is 5.81. The van der Waals surface area contributed by atoms with Gasteiger partial charge in [-0.3, -0.25) is 9.69 Å². The van der Waals surface area contributed by atoms with E-state index in [4.69, 9.17) is 0 Å². The second-order valence-electron chi connectivity index (χ2n) is 7.38. The molecule has 2 aromatic rings. The van der Waals surface area contributed by atoms with Gasteiger partial charge in [0.2, 0.25) is 0 Å². The SMILES string of the molecule is Cc1ccc(C(=O)Nc2ccc(CN3CCN(C)CC3)cc2C(F)(F)F)cc1I. The van der Waals surface area contributed by atoms with E-state index in [1.165, 1.54) is 6.07 Å². The number of piperazine rings is 1. The molecule has 1 saturated heterocycles. The fraction of sp³-hybridized carbons (Fsp3) is 0.381. The monoisotopic (exact) mass is 517 g/mol. The molecule has 1 fully saturated rings. The molecule has 1 aliphatic rings. The molecule has 0 radical (unpaired) electrons. The van der Waals surface area contributed by atoms with Gasteiger partial charge in [-0.2, -0.15) is 13.2 Å². The first-order valence-corrected chi connectivity index (χ1v) is 10.4. The predicted molar refractivity (Wildman–Crippen MR) is 116 cm³/mol. The quantitative estimate of drug-likeness (QED) is 0.602. The number of hydrogen-bond acceptors (Lipinski definition) is 3. The van der Waals surface area contributed by atoms with Crippen molar-refractivity contribution in [2.45, 2.75) is 19.6 Å². The average molecular weight is 517 g/mol. The van der Waals surface area contributed by atoms with E-state index in [1.807, 2.05) is 14.0 Å². The van der Waals surface area contributed by atoms with E-state index < -0.39 is 17.6 Å². The highest BCUT2D eigenvalue weighted by Gasteiger charge is 2.34. The number of carbonyl (C=O) groups excluding carboxylic acids is 1. The number of alkyl halides is 3. The summed E-state index contributed by atoms with van der Waals surface area (Å²) in [4.78, 5) is 16.8. The molecule has 0 aliphatic carbocycles. The number of amides is 1. The van der Waals surface area contributed by atoms with Gasteiger partial charge in [-0.25, -0.2) is 0 Å². The van der Waals surface area contributed by atoms with Crippen LogP contribution in [0, 0.1) is 10.5 Å². The molecule has 29 heavy (non-hydrogen) atoms. The predicted octanol–water partition coefficient (Wildman–Crippen LogP) is 4.62. The van der Waals surface area contributed by atoms with Crippen LogP contribution < -0.4 is 5.32 Å². The van der Waals surface area contributed by atoms with Crippen molar-refractivity contribution in [3.05, 3.63) is 62.2 Å². The zero-order chi connectivity index (χ0) is 21.2. The maximum atomic E-state index is 13.7. The topological polar surface area (TPSA) is 35.6 Å². The molecule has 0 bridgehead atoms. The van der Waals surface area contributed by atoms with Crippen molar-refractivity contribution < 1.29 is 18.0 Å². The normalized spacial score (nSPS) is 16.1. The Hall–Kier alpha value is -1.65. The summed E-state index contributed by atoms with van der Waals surface area (Å²) >= 11 is 2.10. The van der Waals surface area contributed by atoms with E-state index in [0.29, 0.717) is 17.7 Å². The Kier molecular flexibility index (Phi) is 6.85. The molecule has 3 rings (SSSR count). The van der Waals surface area contributed by atoms with Crippen LogP contribution in [-0.4, -0.2) is 48.9 Å². The third-order valence-electron chi connectivity index (χ3n) is 5.07. The molecule has 2 aromatic carbocycles. The van der Waals surface area contributed by atoms with Gasteiger partial charge in [0.05, 0.1) is 11.3 Å². The van der Waals surface area contributed by atoms with E-state index in [0.717, 1.165) is 41.4 Å². The molecule has 0 spiro atoms. The Labute approximate surface area is 182 Å². The maximum Gasteiger partial charge on any atom is 0.418 e. The van der Waals surface area contributed by atoms with E-state index in [2.05, 4.69) is 37.7 Å². The summed E-state index contributed by atoms with van der Waals surface area (Å²) in [6, 6.07) is 9.21. The molecule has 1 heterocycles. The van der Waals surface area contributed by atoms with E-state index in [1.54, 1.807) is 24.3 Å². The number of carbonyl (C=O) groups is 1. The van der Waals surface area contributed by atoms with Crippen LogP contribution in [0.1, 0.15) is 27.0 Å². The van der Waals surface area contributed by atoms with Gasteiger partial charge in [-0.1, -0.05) is 12.1 Å². The lowest BCUT2D eigenvalue weighted by Gasteiger charge is -2.32. The number of rotatable bonds is 4. The van der Waals surface area contributed by atoms with E-state index in [-0.39, 0.29) is 5.69 Å². The molecule has 1 N–H and O–H groups in total.